The van der Waals surface area contributed by atoms with Crippen molar-refractivity contribution < 1.29 is 8.42 Å². The van der Waals surface area contributed by atoms with E-state index in [0.717, 1.165) is 12.1 Å². The number of halogens is 1. The zero-order chi connectivity index (χ0) is 15.3. The molecule has 0 amide bonds. The summed E-state index contributed by atoms with van der Waals surface area (Å²) in [7, 11) is -3.66. The van der Waals surface area contributed by atoms with Crippen molar-refractivity contribution in [2.45, 2.75) is 25.0 Å². The maximum absolute atomic E-state index is 12.3. The zero-order valence-electron chi connectivity index (χ0n) is 11.6. The summed E-state index contributed by atoms with van der Waals surface area (Å²) in [5.74, 6) is 0. The predicted molar refractivity (Wildman–Crippen MR) is 81.4 cm³/mol. The number of aromatic nitrogens is 2. The van der Waals surface area contributed by atoms with Gasteiger partial charge in [0.2, 0.25) is 0 Å². The van der Waals surface area contributed by atoms with Gasteiger partial charge in [0.05, 0.1) is 6.20 Å². The molecule has 0 aliphatic heterocycles. The quantitative estimate of drug-likeness (QED) is 0.721. The first-order chi connectivity index (χ1) is 10.0. The average molecular weight is 329 g/mol. The Kier molecular flexibility index (Phi) is 5.35. The van der Waals surface area contributed by atoms with Crippen molar-refractivity contribution in [2.75, 3.05) is 6.54 Å². The molecule has 0 radical (unpaired) electrons. The van der Waals surface area contributed by atoms with Crippen LogP contribution in [0.2, 0.25) is 5.02 Å². The fraction of sp³-hybridized carbons (Fsp3) is 0.308. The first-order valence-electron chi connectivity index (χ1n) is 6.50. The maximum atomic E-state index is 12.3. The molecular formula is C13H17ClN4O2S. The number of H-pyrrole nitrogens is 1. The largest absolute Gasteiger partial charge is 0.313 e. The van der Waals surface area contributed by atoms with E-state index in [-0.39, 0.29) is 11.6 Å². The third-order valence-corrected chi connectivity index (χ3v) is 4.71. The van der Waals surface area contributed by atoms with Crippen LogP contribution < -0.4 is 10.0 Å². The molecule has 1 heterocycles. The fourth-order valence-electron chi connectivity index (χ4n) is 1.80. The van der Waals surface area contributed by atoms with Gasteiger partial charge in [-0.3, -0.25) is 5.10 Å². The average Bonchev–Trinajstić information content (AvgIpc) is 2.93. The monoisotopic (exact) mass is 328 g/mol. The summed E-state index contributed by atoms with van der Waals surface area (Å²) in [6.45, 7) is 3.26. The van der Waals surface area contributed by atoms with Gasteiger partial charge in [-0.05, 0) is 18.2 Å². The lowest BCUT2D eigenvalue weighted by Crippen LogP contribution is -2.25. The van der Waals surface area contributed by atoms with Crippen molar-refractivity contribution >= 4 is 21.6 Å². The molecule has 0 saturated heterocycles. The van der Waals surface area contributed by atoms with E-state index in [0.29, 0.717) is 17.1 Å². The van der Waals surface area contributed by atoms with Crippen LogP contribution in [0.1, 0.15) is 18.1 Å². The molecule has 0 spiro atoms. The molecule has 21 heavy (non-hydrogen) atoms. The molecule has 1 aromatic heterocycles. The fourth-order valence-corrected chi connectivity index (χ4v) is 3.14. The highest BCUT2D eigenvalue weighted by Crippen LogP contribution is 2.16. The van der Waals surface area contributed by atoms with Crippen LogP contribution in [0, 0.1) is 0 Å². The van der Waals surface area contributed by atoms with E-state index in [1.54, 1.807) is 18.2 Å². The highest BCUT2D eigenvalue weighted by molar-refractivity contribution is 7.89. The Morgan fingerprint density at radius 1 is 1.24 bits per heavy atom. The molecule has 2 aromatic rings. The Hall–Kier alpha value is -1.41. The molecule has 0 saturated carbocycles. The van der Waals surface area contributed by atoms with Crippen molar-refractivity contribution in [2.24, 2.45) is 0 Å². The number of hydrogen-bond acceptors (Lipinski definition) is 4. The highest BCUT2D eigenvalue weighted by atomic mass is 35.5. The molecule has 1 aromatic carbocycles. The summed E-state index contributed by atoms with van der Waals surface area (Å²) in [5.41, 5.74) is 1.32. The van der Waals surface area contributed by atoms with Gasteiger partial charge < -0.3 is 5.32 Å². The van der Waals surface area contributed by atoms with E-state index in [1.165, 1.54) is 6.20 Å². The Morgan fingerprint density at radius 3 is 2.71 bits per heavy atom. The van der Waals surface area contributed by atoms with Gasteiger partial charge in [-0.2, -0.15) is 5.10 Å². The van der Waals surface area contributed by atoms with Crippen LogP contribution in [-0.2, 0) is 23.1 Å². The van der Waals surface area contributed by atoms with Gasteiger partial charge in [-0.15, -0.1) is 0 Å². The number of nitrogens with one attached hydrogen (secondary N) is 3. The van der Waals surface area contributed by atoms with Crippen molar-refractivity contribution in [3.05, 3.63) is 46.6 Å². The minimum absolute atomic E-state index is 0.0792. The SMILES string of the molecule is CCNCc1cn[nH]c1S(=O)(=O)NCc1ccccc1Cl. The number of nitrogens with zero attached hydrogens (tertiary/aromatic N) is 1. The van der Waals surface area contributed by atoms with Crippen LogP contribution in [0.4, 0.5) is 0 Å². The smallest absolute Gasteiger partial charge is 0.258 e. The van der Waals surface area contributed by atoms with Gasteiger partial charge in [-0.25, -0.2) is 13.1 Å². The van der Waals surface area contributed by atoms with Gasteiger partial charge in [0.1, 0.15) is 0 Å². The zero-order valence-corrected chi connectivity index (χ0v) is 13.1. The van der Waals surface area contributed by atoms with Gasteiger partial charge in [0.15, 0.2) is 5.03 Å². The molecule has 0 aliphatic rings. The van der Waals surface area contributed by atoms with E-state index < -0.39 is 10.0 Å². The minimum atomic E-state index is -3.66. The summed E-state index contributed by atoms with van der Waals surface area (Å²) < 4.78 is 27.1. The lowest BCUT2D eigenvalue weighted by molar-refractivity contribution is 0.574. The van der Waals surface area contributed by atoms with Crippen LogP contribution >= 0.6 is 11.6 Å². The Morgan fingerprint density at radius 2 is 2.00 bits per heavy atom. The number of hydrogen-bond donors (Lipinski definition) is 3. The third kappa shape index (κ3) is 4.04. The van der Waals surface area contributed by atoms with Crippen LogP contribution in [0.5, 0.6) is 0 Å². The lowest BCUT2D eigenvalue weighted by Gasteiger charge is -2.08. The Bertz CT molecular complexity index is 700. The topological polar surface area (TPSA) is 86.9 Å². The van der Waals surface area contributed by atoms with Crippen LogP contribution in [0.3, 0.4) is 0 Å². The standard InChI is InChI=1S/C13H17ClN4O2S/c1-2-15-7-11-8-16-18-13(11)21(19,20)17-9-10-5-3-4-6-12(10)14/h3-6,8,15,17H,2,7,9H2,1H3,(H,16,18). The van der Waals surface area contributed by atoms with Gasteiger partial charge in [0, 0.05) is 23.7 Å². The normalized spacial score (nSPS) is 11.7. The van der Waals surface area contributed by atoms with E-state index >= 15 is 0 Å². The molecular weight excluding hydrogens is 312 g/mol. The van der Waals surface area contributed by atoms with E-state index in [9.17, 15) is 8.42 Å². The minimum Gasteiger partial charge on any atom is -0.313 e. The second kappa shape index (κ2) is 7.04. The number of aromatic amines is 1. The number of rotatable bonds is 7. The van der Waals surface area contributed by atoms with Gasteiger partial charge in [-0.1, -0.05) is 36.7 Å². The van der Waals surface area contributed by atoms with Crippen LogP contribution in [-0.4, -0.2) is 25.2 Å². The van der Waals surface area contributed by atoms with Crippen molar-refractivity contribution in [3.8, 4) is 0 Å². The summed E-state index contributed by atoms with van der Waals surface area (Å²) >= 11 is 6.01. The molecule has 0 bridgehead atoms. The Labute approximate surface area is 129 Å². The molecule has 0 aliphatic carbocycles. The third-order valence-electron chi connectivity index (χ3n) is 2.92. The van der Waals surface area contributed by atoms with Gasteiger partial charge >= 0.3 is 0 Å². The molecule has 0 unspecified atom stereocenters. The molecule has 8 heteroatoms. The molecule has 0 fully saturated rings. The van der Waals surface area contributed by atoms with E-state index in [4.69, 9.17) is 11.6 Å². The predicted octanol–water partition coefficient (Wildman–Crippen LogP) is 1.65. The summed E-state index contributed by atoms with van der Waals surface area (Å²) in [6.07, 6.45) is 1.51. The van der Waals surface area contributed by atoms with E-state index in [2.05, 4.69) is 20.2 Å². The first-order valence-corrected chi connectivity index (χ1v) is 8.36. The molecule has 3 N–H and O–H groups in total. The molecule has 2 rings (SSSR count). The first kappa shape index (κ1) is 16.0. The van der Waals surface area contributed by atoms with Crippen molar-refractivity contribution in [3.63, 3.8) is 0 Å². The second-order valence-corrected chi connectivity index (χ2v) is 6.53. The number of sulfonamides is 1. The van der Waals surface area contributed by atoms with Gasteiger partial charge in [0.25, 0.3) is 10.0 Å². The van der Waals surface area contributed by atoms with Crippen LogP contribution in [0.15, 0.2) is 35.5 Å². The maximum Gasteiger partial charge on any atom is 0.258 e. The molecule has 6 nitrogen and oxygen atoms in total. The summed E-state index contributed by atoms with van der Waals surface area (Å²) in [4.78, 5) is 0. The van der Waals surface area contributed by atoms with Crippen LogP contribution in [0.25, 0.3) is 0 Å². The summed E-state index contributed by atoms with van der Waals surface area (Å²) in [5, 5.41) is 10.0. The molecule has 114 valence electrons. The second-order valence-electron chi connectivity index (χ2n) is 4.42. The lowest BCUT2D eigenvalue weighted by atomic mass is 10.2. The Balaban J connectivity index is 2.12. The van der Waals surface area contributed by atoms with E-state index in [1.807, 2.05) is 13.0 Å². The van der Waals surface area contributed by atoms with Crippen molar-refractivity contribution in [1.29, 1.82) is 0 Å². The summed E-state index contributed by atoms with van der Waals surface area (Å²) in [6, 6.07) is 7.10. The molecule has 0 atom stereocenters. The number of benzene rings is 1. The van der Waals surface area contributed by atoms with Crippen molar-refractivity contribution in [1.82, 2.24) is 20.2 Å². The highest BCUT2D eigenvalue weighted by Gasteiger charge is 2.20.